The number of hydrogen-bond donors (Lipinski definition) is 1. The first-order valence-electron chi connectivity index (χ1n) is 7.36. The van der Waals surface area contributed by atoms with Crippen LogP contribution in [0.3, 0.4) is 0 Å². The second kappa shape index (κ2) is 7.04. The van der Waals surface area contributed by atoms with E-state index in [1.807, 2.05) is 7.05 Å². The van der Waals surface area contributed by atoms with Gasteiger partial charge in [0.15, 0.2) is 0 Å². The van der Waals surface area contributed by atoms with Crippen LogP contribution in [0, 0.1) is 5.92 Å². The second-order valence-electron chi connectivity index (χ2n) is 6.09. The Balaban J connectivity index is 1.88. The summed E-state index contributed by atoms with van der Waals surface area (Å²) in [6.07, 6.45) is 3.36. The lowest BCUT2D eigenvalue weighted by molar-refractivity contribution is -0.133. The highest BCUT2D eigenvalue weighted by atomic mass is 32.2. The van der Waals surface area contributed by atoms with Crippen LogP contribution in [0.15, 0.2) is 0 Å². The molecule has 2 fully saturated rings. The van der Waals surface area contributed by atoms with Crippen LogP contribution in [0.1, 0.15) is 12.8 Å². The van der Waals surface area contributed by atoms with E-state index in [9.17, 15) is 13.2 Å². The van der Waals surface area contributed by atoms with Crippen LogP contribution < -0.4 is 4.72 Å². The van der Waals surface area contributed by atoms with Crippen molar-refractivity contribution in [1.82, 2.24) is 14.5 Å². The molecule has 7 nitrogen and oxygen atoms in total. The highest BCUT2D eigenvalue weighted by Crippen LogP contribution is 2.29. The number of sulfonamides is 1. The summed E-state index contributed by atoms with van der Waals surface area (Å²) in [6, 6.07) is 0. The predicted molar refractivity (Wildman–Crippen MR) is 79.4 cm³/mol. The third kappa shape index (κ3) is 6.29. The van der Waals surface area contributed by atoms with E-state index in [0.717, 1.165) is 32.2 Å². The van der Waals surface area contributed by atoms with Gasteiger partial charge in [-0.1, -0.05) is 0 Å². The van der Waals surface area contributed by atoms with E-state index in [1.54, 1.807) is 4.90 Å². The number of nitrogens with zero attached hydrogens (tertiary/aromatic N) is 2. The maximum absolute atomic E-state index is 12.2. The summed E-state index contributed by atoms with van der Waals surface area (Å²) >= 11 is 0. The average Bonchev–Trinajstić information content (AvgIpc) is 3.18. The Kier molecular flexibility index (Phi) is 5.59. The average molecular weight is 319 g/mol. The fraction of sp³-hybridized carbons (Fsp3) is 0.923. The van der Waals surface area contributed by atoms with Gasteiger partial charge in [0, 0.05) is 26.2 Å². The number of carbonyl (C=O) groups is 1. The Morgan fingerprint density at radius 2 is 2.10 bits per heavy atom. The van der Waals surface area contributed by atoms with Gasteiger partial charge in [-0.15, -0.1) is 0 Å². The van der Waals surface area contributed by atoms with Gasteiger partial charge in [0.1, 0.15) is 0 Å². The molecule has 1 saturated heterocycles. The van der Waals surface area contributed by atoms with Crippen molar-refractivity contribution < 1.29 is 17.9 Å². The van der Waals surface area contributed by atoms with E-state index >= 15 is 0 Å². The number of nitrogens with one attached hydrogen (secondary N) is 1. The van der Waals surface area contributed by atoms with Crippen molar-refractivity contribution >= 4 is 15.9 Å². The Hall–Kier alpha value is -0.700. The number of hydrogen-bond acceptors (Lipinski definition) is 5. The number of morpholine rings is 1. The zero-order valence-electron chi connectivity index (χ0n) is 12.7. The minimum Gasteiger partial charge on any atom is -0.374 e. The molecule has 0 radical (unpaired) electrons. The molecule has 0 unspecified atom stereocenters. The molecule has 2 aliphatic rings. The first-order valence-corrected chi connectivity index (χ1v) is 9.25. The standard InChI is InChI=1S/C13H25N3O4S/c1-15-5-6-20-12(9-15)10-16(8-11-3-4-11)13(17)7-14-21(2,18)19/h11-12,14H,3-10H2,1-2H3/t12-/m1/s1. The molecule has 0 bridgehead atoms. The van der Waals surface area contributed by atoms with E-state index in [0.29, 0.717) is 25.6 Å². The summed E-state index contributed by atoms with van der Waals surface area (Å²) in [5, 5.41) is 0. The monoisotopic (exact) mass is 319 g/mol. The van der Waals surface area contributed by atoms with Crippen molar-refractivity contribution in [1.29, 1.82) is 0 Å². The number of likely N-dealkylation sites (N-methyl/N-ethyl adjacent to an activating group) is 1. The van der Waals surface area contributed by atoms with Crippen LogP contribution in [0.25, 0.3) is 0 Å². The summed E-state index contributed by atoms with van der Waals surface area (Å²) in [6.45, 7) is 3.44. The van der Waals surface area contributed by atoms with Gasteiger partial charge in [0.05, 0.1) is 25.5 Å². The fourth-order valence-corrected chi connectivity index (χ4v) is 2.80. The van der Waals surface area contributed by atoms with E-state index in [-0.39, 0.29) is 18.6 Å². The highest BCUT2D eigenvalue weighted by Gasteiger charge is 2.29. The molecule has 0 spiro atoms. The van der Waals surface area contributed by atoms with Crippen LogP contribution in [-0.4, -0.2) is 82.9 Å². The SMILES string of the molecule is CN1CCO[C@@H](CN(CC2CC2)C(=O)CNS(C)(=O)=O)C1. The van der Waals surface area contributed by atoms with E-state index in [1.165, 1.54) is 0 Å². The van der Waals surface area contributed by atoms with Gasteiger partial charge in [-0.25, -0.2) is 13.1 Å². The van der Waals surface area contributed by atoms with Crippen LogP contribution >= 0.6 is 0 Å². The van der Waals surface area contributed by atoms with Crippen molar-refractivity contribution in [3.8, 4) is 0 Å². The normalized spacial score (nSPS) is 24.0. The lowest BCUT2D eigenvalue weighted by Crippen LogP contribution is -2.49. The number of carbonyl (C=O) groups excluding carboxylic acids is 1. The van der Waals surface area contributed by atoms with Crippen molar-refractivity contribution in [3.63, 3.8) is 0 Å². The molecular weight excluding hydrogens is 294 g/mol. The first kappa shape index (κ1) is 16.7. The quantitative estimate of drug-likeness (QED) is 0.658. The number of rotatable bonds is 7. The Bertz CT molecular complexity index is 464. The van der Waals surface area contributed by atoms with Gasteiger partial charge in [-0.2, -0.15) is 0 Å². The molecule has 1 atom stereocenters. The van der Waals surface area contributed by atoms with Crippen LogP contribution in [0.2, 0.25) is 0 Å². The summed E-state index contributed by atoms with van der Waals surface area (Å²) in [4.78, 5) is 16.2. The minimum absolute atomic E-state index is 0.00434. The topological polar surface area (TPSA) is 79.0 Å². The molecule has 0 aromatic heterocycles. The predicted octanol–water partition coefficient (Wildman–Crippen LogP) is -0.895. The maximum Gasteiger partial charge on any atom is 0.237 e. The number of ether oxygens (including phenoxy) is 1. The lowest BCUT2D eigenvalue weighted by Gasteiger charge is -2.34. The Morgan fingerprint density at radius 1 is 1.38 bits per heavy atom. The molecule has 122 valence electrons. The van der Waals surface area contributed by atoms with E-state index in [2.05, 4.69) is 9.62 Å². The van der Waals surface area contributed by atoms with E-state index in [4.69, 9.17) is 4.74 Å². The molecule has 1 heterocycles. The molecule has 2 rings (SSSR count). The van der Waals surface area contributed by atoms with Crippen molar-refractivity contribution in [2.75, 3.05) is 52.6 Å². The van der Waals surface area contributed by atoms with Crippen LogP contribution in [-0.2, 0) is 19.6 Å². The third-order valence-corrected chi connectivity index (χ3v) is 4.45. The van der Waals surface area contributed by atoms with Crippen molar-refractivity contribution in [2.24, 2.45) is 5.92 Å². The fourth-order valence-electron chi connectivity index (χ4n) is 2.42. The van der Waals surface area contributed by atoms with Crippen molar-refractivity contribution in [3.05, 3.63) is 0 Å². The molecule has 1 amide bonds. The molecule has 0 aromatic rings. The zero-order chi connectivity index (χ0) is 15.5. The van der Waals surface area contributed by atoms with Gasteiger partial charge in [-0.3, -0.25) is 4.79 Å². The minimum atomic E-state index is -3.34. The van der Waals surface area contributed by atoms with Crippen LogP contribution in [0.5, 0.6) is 0 Å². The number of amides is 1. The Labute approximate surface area is 126 Å². The van der Waals surface area contributed by atoms with Gasteiger partial charge in [0.2, 0.25) is 15.9 Å². The molecule has 8 heteroatoms. The third-order valence-electron chi connectivity index (χ3n) is 3.78. The molecule has 0 aromatic carbocycles. The van der Waals surface area contributed by atoms with Gasteiger partial charge in [0.25, 0.3) is 0 Å². The van der Waals surface area contributed by atoms with E-state index < -0.39 is 10.0 Å². The Morgan fingerprint density at radius 3 is 2.67 bits per heavy atom. The summed E-state index contributed by atoms with van der Waals surface area (Å²) < 4.78 is 30.2. The van der Waals surface area contributed by atoms with Gasteiger partial charge < -0.3 is 14.5 Å². The molecule has 1 saturated carbocycles. The lowest BCUT2D eigenvalue weighted by atomic mass is 10.2. The smallest absolute Gasteiger partial charge is 0.237 e. The molecule has 1 aliphatic heterocycles. The van der Waals surface area contributed by atoms with Crippen molar-refractivity contribution in [2.45, 2.75) is 18.9 Å². The second-order valence-corrected chi connectivity index (χ2v) is 7.92. The van der Waals surface area contributed by atoms with Gasteiger partial charge in [-0.05, 0) is 25.8 Å². The van der Waals surface area contributed by atoms with Crippen LogP contribution in [0.4, 0.5) is 0 Å². The largest absolute Gasteiger partial charge is 0.374 e. The molecular formula is C13H25N3O4S. The molecule has 1 aliphatic carbocycles. The first-order chi connectivity index (χ1) is 9.83. The summed E-state index contributed by atoms with van der Waals surface area (Å²) in [5.41, 5.74) is 0. The summed E-state index contributed by atoms with van der Waals surface area (Å²) in [7, 11) is -1.31. The zero-order valence-corrected chi connectivity index (χ0v) is 13.6. The van der Waals surface area contributed by atoms with Gasteiger partial charge >= 0.3 is 0 Å². The molecule has 21 heavy (non-hydrogen) atoms. The highest BCUT2D eigenvalue weighted by molar-refractivity contribution is 7.88. The maximum atomic E-state index is 12.2. The summed E-state index contributed by atoms with van der Waals surface area (Å²) in [5.74, 6) is 0.387. The molecule has 1 N–H and O–H groups in total.